The monoisotopic (exact) mass is 133 g/mol. The topological polar surface area (TPSA) is 12.9 Å². The molecule has 0 aliphatic rings. The van der Waals surface area contributed by atoms with Crippen LogP contribution in [0.4, 0.5) is 0 Å². The van der Waals surface area contributed by atoms with Crippen LogP contribution in [-0.4, -0.2) is 11.7 Å². The zero-order valence-corrected chi connectivity index (χ0v) is 6.76. The Bertz CT molecular complexity index is 220. The molecule has 0 unspecified atom stereocenters. The van der Waals surface area contributed by atoms with Crippen LogP contribution in [0.15, 0.2) is 18.3 Å². The van der Waals surface area contributed by atoms with Gasteiger partial charge in [-0.3, -0.25) is 4.98 Å². The van der Waals surface area contributed by atoms with E-state index in [0.29, 0.717) is 6.71 Å². The number of pyridine rings is 1. The highest BCUT2D eigenvalue weighted by atomic mass is 14.6. The number of nitrogens with zero attached hydrogens (tertiary/aromatic N) is 1. The van der Waals surface area contributed by atoms with E-state index in [1.165, 1.54) is 11.2 Å². The summed E-state index contributed by atoms with van der Waals surface area (Å²) in [4.78, 5) is 4.28. The molecule has 0 aliphatic heterocycles. The fraction of sp³-hybridized carbons (Fsp3) is 0.375. The van der Waals surface area contributed by atoms with Gasteiger partial charge in [0, 0.05) is 11.8 Å². The summed E-state index contributed by atoms with van der Waals surface area (Å²) in [6.07, 6.45) is 1.85. The molecule has 1 nitrogen and oxygen atoms in total. The van der Waals surface area contributed by atoms with E-state index in [2.05, 4.69) is 31.6 Å². The minimum Gasteiger partial charge on any atom is -0.271 e. The first kappa shape index (κ1) is 7.32. The van der Waals surface area contributed by atoms with Crippen LogP contribution in [0.3, 0.4) is 0 Å². The molecule has 0 bridgehead atoms. The maximum Gasteiger partial charge on any atom is 0.194 e. The molecule has 1 rings (SSSR count). The highest BCUT2D eigenvalue weighted by molar-refractivity contribution is 6.70. The third kappa shape index (κ3) is 1.38. The highest BCUT2D eigenvalue weighted by Crippen LogP contribution is 1.91. The number of hydrogen-bond acceptors (Lipinski definition) is 1. The van der Waals surface area contributed by atoms with Crippen molar-refractivity contribution < 1.29 is 0 Å². The number of rotatable bonds is 1. The molecular weight excluding hydrogens is 121 g/mol. The maximum atomic E-state index is 4.28. The van der Waals surface area contributed by atoms with Gasteiger partial charge in [0.25, 0.3) is 0 Å². The second-order valence-corrected chi connectivity index (χ2v) is 2.86. The molecule has 0 atom stereocenters. The van der Waals surface area contributed by atoms with E-state index in [-0.39, 0.29) is 0 Å². The van der Waals surface area contributed by atoms with Crippen LogP contribution in [0.2, 0.25) is 13.6 Å². The summed E-state index contributed by atoms with van der Waals surface area (Å²) in [6.45, 7) is 6.97. The van der Waals surface area contributed by atoms with Crippen molar-refractivity contribution in [2.24, 2.45) is 0 Å². The Hall–Kier alpha value is -0.785. The molecule has 1 aromatic heterocycles. The molecule has 0 saturated carbocycles. The van der Waals surface area contributed by atoms with Gasteiger partial charge < -0.3 is 0 Å². The van der Waals surface area contributed by atoms with Crippen LogP contribution in [0.25, 0.3) is 0 Å². The molecule has 1 aromatic rings. The van der Waals surface area contributed by atoms with Gasteiger partial charge in [-0.15, -0.1) is 0 Å². The molecule has 0 aliphatic carbocycles. The second-order valence-electron chi connectivity index (χ2n) is 2.86. The summed E-state index contributed by atoms with van der Waals surface area (Å²) in [5.41, 5.74) is 2.50. The largest absolute Gasteiger partial charge is 0.271 e. The fourth-order valence-electron chi connectivity index (χ4n) is 1.10. The molecule has 0 radical (unpaired) electrons. The molecule has 0 aromatic carbocycles. The maximum absolute atomic E-state index is 4.28. The van der Waals surface area contributed by atoms with Crippen molar-refractivity contribution in [1.29, 1.82) is 0 Å². The van der Waals surface area contributed by atoms with Crippen molar-refractivity contribution >= 4 is 12.3 Å². The normalized spacial score (nSPS) is 9.50. The van der Waals surface area contributed by atoms with Gasteiger partial charge in [-0.2, -0.15) is 0 Å². The van der Waals surface area contributed by atoms with Crippen molar-refractivity contribution in [3.8, 4) is 0 Å². The molecule has 0 amide bonds. The van der Waals surface area contributed by atoms with E-state index in [0.717, 1.165) is 0 Å². The Labute approximate surface area is 62.6 Å². The van der Waals surface area contributed by atoms with E-state index < -0.39 is 0 Å². The minimum absolute atomic E-state index is 0.543. The first-order valence-electron chi connectivity index (χ1n) is 3.63. The second kappa shape index (κ2) is 2.87. The van der Waals surface area contributed by atoms with Crippen molar-refractivity contribution in [3.05, 3.63) is 23.9 Å². The van der Waals surface area contributed by atoms with Crippen molar-refractivity contribution in [1.82, 2.24) is 4.98 Å². The Balaban J connectivity index is 3.03. The van der Waals surface area contributed by atoms with Gasteiger partial charge in [0.1, 0.15) is 0 Å². The van der Waals surface area contributed by atoms with E-state index in [4.69, 9.17) is 0 Å². The van der Waals surface area contributed by atoms with Gasteiger partial charge in [0.2, 0.25) is 0 Å². The van der Waals surface area contributed by atoms with E-state index in [1.54, 1.807) is 0 Å². The average Bonchev–Trinajstić information content (AvgIpc) is 1.88. The molecule has 0 saturated heterocycles. The number of aromatic nitrogens is 1. The van der Waals surface area contributed by atoms with Crippen molar-refractivity contribution in [2.75, 3.05) is 0 Å². The van der Waals surface area contributed by atoms with Gasteiger partial charge in [-0.25, -0.2) is 0 Å². The van der Waals surface area contributed by atoms with E-state index in [1.807, 2.05) is 12.3 Å². The summed E-state index contributed by atoms with van der Waals surface area (Å²) >= 11 is 0. The molecule has 52 valence electrons. The van der Waals surface area contributed by atoms with Crippen LogP contribution in [0.1, 0.15) is 5.56 Å². The van der Waals surface area contributed by atoms with Crippen molar-refractivity contribution in [3.63, 3.8) is 0 Å². The Kier molecular flexibility index (Phi) is 2.10. The van der Waals surface area contributed by atoms with Gasteiger partial charge >= 0.3 is 0 Å². The standard InChI is InChI=1S/C8H12BN/c1-7-5-4-6-10-8(7)9(2)3/h4-6H,1-3H3. The predicted octanol–water partition coefficient (Wildman–Crippen LogP) is 1.35. The van der Waals surface area contributed by atoms with Crippen LogP contribution < -0.4 is 5.59 Å². The lowest BCUT2D eigenvalue weighted by Gasteiger charge is -2.03. The van der Waals surface area contributed by atoms with Crippen LogP contribution in [0, 0.1) is 6.92 Å². The van der Waals surface area contributed by atoms with Gasteiger partial charge in [0.15, 0.2) is 6.71 Å². The Morgan fingerprint density at radius 1 is 1.40 bits per heavy atom. The summed E-state index contributed by atoms with van der Waals surface area (Å²) in [5.74, 6) is 0. The minimum atomic E-state index is 0.543. The zero-order valence-electron chi connectivity index (χ0n) is 6.76. The van der Waals surface area contributed by atoms with Crippen LogP contribution in [0.5, 0.6) is 0 Å². The molecule has 2 heteroatoms. The van der Waals surface area contributed by atoms with Crippen LogP contribution >= 0.6 is 0 Å². The Morgan fingerprint density at radius 2 is 2.10 bits per heavy atom. The van der Waals surface area contributed by atoms with E-state index >= 15 is 0 Å². The average molecular weight is 133 g/mol. The fourth-order valence-corrected chi connectivity index (χ4v) is 1.10. The lowest BCUT2D eigenvalue weighted by atomic mass is 9.51. The van der Waals surface area contributed by atoms with Gasteiger partial charge in [0.05, 0.1) is 0 Å². The highest BCUT2D eigenvalue weighted by Gasteiger charge is 2.05. The summed E-state index contributed by atoms with van der Waals surface area (Å²) in [7, 11) is 0. The first-order chi connectivity index (χ1) is 4.72. The molecule has 1 heterocycles. The quantitative estimate of drug-likeness (QED) is 0.527. The molecule has 0 spiro atoms. The zero-order chi connectivity index (χ0) is 7.56. The lowest BCUT2D eigenvalue weighted by molar-refractivity contribution is 1.32. The molecule has 10 heavy (non-hydrogen) atoms. The van der Waals surface area contributed by atoms with Gasteiger partial charge in [-0.05, 0) is 18.6 Å². The van der Waals surface area contributed by atoms with Gasteiger partial charge in [-0.1, -0.05) is 19.7 Å². The van der Waals surface area contributed by atoms with E-state index in [9.17, 15) is 0 Å². The number of hydrogen-bond donors (Lipinski definition) is 0. The molecular formula is C8H12BN. The first-order valence-corrected chi connectivity index (χ1v) is 3.63. The van der Waals surface area contributed by atoms with Crippen molar-refractivity contribution in [2.45, 2.75) is 20.6 Å². The SMILES string of the molecule is CB(C)c1ncccc1C. The number of aryl methyl sites for hydroxylation is 1. The summed E-state index contributed by atoms with van der Waals surface area (Å²) in [5, 5.41) is 0. The summed E-state index contributed by atoms with van der Waals surface area (Å²) < 4.78 is 0. The smallest absolute Gasteiger partial charge is 0.194 e. The summed E-state index contributed by atoms with van der Waals surface area (Å²) in [6, 6.07) is 4.07. The Morgan fingerprint density at radius 3 is 2.50 bits per heavy atom. The third-order valence-electron chi connectivity index (χ3n) is 1.60. The molecule has 0 fully saturated rings. The van der Waals surface area contributed by atoms with Crippen LogP contribution in [-0.2, 0) is 0 Å². The third-order valence-corrected chi connectivity index (χ3v) is 1.60. The molecule has 0 N–H and O–H groups in total. The lowest BCUT2D eigenvalue weighted by Crippen LogP contribution is -2.28. The predicted molar refractivity (Wildman–Crippen MR) is 46.1 cm³/mol.